The normalized spacial score (nSPS) is 11.1. The molecule has 0 fully saturated rings. The van der Waals surface area contributed by atoms with Crippen LogP contribution in [0, 0.1) is 6.92 Å². The van der Waals surface area contributed by atoms with Crippen molar-refractivity contribution in [2.45, 2.75) is 11.8 Å². The minimum absolute atomic E-state index is 0.800. The molecule has 1 aromatic carbocycles. The molecule has 0 radical (unpaired) electrons. The molecule has 6 heteroatoms. The molecule has 0 N–H and O–H groups in total. The topological polar surface area (TPSA) is 43.1 Å². The molecular weight excluding hydrogens is 240 g/mol. The van der Waals surface area contributed by atoms with Gasteiger partial charge in [0, 0.05) is 10.5 Å². The number of hydrogen-bond donors (Lipinski definition) is 1. The van der Waals surface area contributed by atoms with Crippen LogP contribution in [0.4, 0.5) is 0 Å². The average Bonchev–Trinajstić information content (AvgIpc) is 2.82. The summed E-state index contributed by atoms with van der Waals surface area (Å²) in [7, 11) is 0. The smallest absolute Gasteiger partial charge is 0.187 e. The largest absolute Gasteiger partial charge is 0.234 e. The third-order valence-electron chi connectivity index (χ3n) is 2.28. The Morgan fingerprint density at radius 2 is 2.06 bits per heavy atom. The quantitative estimate of drug-likeness (QED) is 0.673. The van der Waals surface area contributed by atoms with E-state index in [1.807, 2.05) is 31.2 Å². The Morgan fingerprint density at radius 1 is 1.25 bits per heavy atom. The molecule has 0 spiro atoms. The van der Waals surface area contributed by atoms with Crippen LogP contribution in [0.15, 0.2) is 29.2 Å². The predicted molar refractivity (Wildman–Crippen MR) is 66.1 cm³/mol. The van der Waals surface area contributed by atoms with Crippen LogP contribution >= 0.6 is 24.0 Å². The zero-order valence-corrected chi connectivity index (χ0v) is 10.2. The summed E-state index contributed by atoms with van der Waals surface area (Å²) in [6.45, 7) is 1.89. The van der Waals surface area contributed by atoms with E-state index in [1.54, 1.807) is 4.52 Å². The first-order chi connectivity index (χ1) is 7.75. The second-order valence-corrected chi connectivity index (χ2v) is 4.80. The van der Waals surface area contributed by atoms with Crippen molar-refractivity contribution in [3.05, 3.63) is 30.1 Å². The minimum atomic E-state index is 0.800. The number of hydrogen-bond acceptors (Lipinski definition) is 5. The highest BCUT2D eigenvalue weighted by Gasteiger charge is 2.11. The van der Waals surface area contributed by atoms with E-state index in [4.69, 9.17) is 0 Å². The Hall–Kier alpha value is -1.40. The van der Waals surface area contributed by atoms with Crippen molar-refractivity contribution >= 4 is 28.9 Å². The van der Waals surface area contributed by atoms with Crippen molar-refractivity contribution in [1.29, 1.82) is 0 Å². The summed E-state index contributed by atoms with van der Waals surface area (Å²) in [5.74, 6) is 0.800. The van der Waals surface area contributed by atoms with E-state index in [2.05, 4.69) is 27.9 Å². The zero-order valence-electron chi connectivity index (χ0n) is 8.45. The zero-order chi connectivity index (χ0) is 11.1. The predicted octanol–water partition coefficient (Wildman–Crippen LogP) is 2.45. The summed E-state index contributed by atoms with van der Waals surface area (Å²) in [6.07, 6.45) is 0. The molecule has 0 bridgehead atoms. The highest BCUT2D eigenvalue weighted by atomic mass is 32.1. The van der Waals surface area contributed by atoms with Gasteiger partial charge in [-0.25, -0.2) is 0 Å². The van der Waals surface area contributed by atoms with E-state index in [0.29, 0.717) is 0 Å². The van der Waals surface area contributed by atoms with Gasteiger partial charge in [0.05, 0.1) is 0 Å². The fourth-order valence-electron chi connectivity index (χ4n) is 1.48. The highest BCUT2D eigenvalue weighted by Crippen LogP contribution is 2.29. The molecule has 0 saturated heterocycles. The van der Waals surface area contributed by atoms with Crippen LogP contribution in [0.5, 0.6) is 0 Å². The second kappa shape index (κ2) is 3.57. The van der Waals surface area contributed by atoms with Crippen molar-refractivity contribution in [1.82, 2.24) is 19.8 Å². The maximum atomic E-state index is 4.46. The van der Waals surface area contributed by atoms with Crippen molar-refractivity contribution in [3.8, 4) is 10.6 Å². The Morgan fingerprint density at radius 3 is 2.81 bits per heavy atom. The van der Waals surface area contributed by atoms with Gasteiger partial charge in [-0.05, 0) is 13.0 Å². The molecule has 0 saturated carbocycles. The summed E-state index contributed by atoms with van der Waals surface area (Å²) in [6, 6.07) is 7.89. The Labute approximate surface area is 101 Å². The van der Waals surface area contributed by atoms with Gasteiger partial charge in [-0.2, -0.15) is 9.61 Å². The summed E-state index contributed by atoms with van der Waals surface area (Å²) in [4.78, 5) is 1.73. The summed E-state index contributed by atoms with van der Waals surface area (Å²) < 4.78 is 1.75. The van der Waals surface area contributed by atoms with Gasteiger partial charge in [-0.15, -0.1) is 22.8 Å². The number of thiol groups is 1. The van der Waals surface area contributed by atoms with Gasteiger partial charge in [0.15, 0.2) is 5.82 Å². The van der Waals surface area contributed by atoms with E-state index in [-0.39, 0.29) is 0 Å². The van der Waals surface area contributed by atoms with E-state index in [9.17, 15) is 0 Å². The van der Waals surface area contributed by atoms with E-state index in [1.165, 1.54) is 11.3 Å². The molecule has 3 rings (SSSR count). The SMILES string of the molecule is Cc1nnc2sc(-c3ccccc3S)nn12. The lowest BCUT2D eigenvalue weighted by Crippen LogP contribution is -1.88. The Bertz CT molecular complexity index is 656. The molecule has 0 unspecified atom stereocenters. The van der Waals surface area contributed by atoms with Crippen LogP contribution in [0.1, 0.15) is 5.82 Å². The van der Waals surface area contributed by atoms with Crippen LogP contribution < -0.4 is 0 Å². The maximum absolute atomic E-state index is 4.46. The molecule has 0 atom stereocenters. The molecule has 2 heterocycles. The van der Waals surface area contributed by atoms with E-state index < -0.39 is 0 Å². The fourth-order valence-corrected chi connectivity index (χ4v) is 2.74. The molecule has 0 aliphatic rings. The number of aryl methyl sites for hydroxylation is 1. The van der Waals surface area contributed by atoms with Crippen LogP contribution in [0.3, 0.4) is 0 Å². The van der Waals surface area contributed by atoms with Gasteiger partial charge in [-0.3, -0.25) is 0 Å². The molecule has 2 aromatic heterocycles. The summed E-state index contributed by atoms with van der Waals surface area (Å²) >= 11 is 5.93. The number of rotatable bonds is 1. The molecule has 0 aliphatic carbocycles. The molecular formula is C10H8N4S2. The van der Waals surface area contributed by atoms with Crippen LogP contribution in [-0.2, 0) is 0 Å². The number of benzene rings is 1. The summed E-state index contributed by atoms with van der Waals surface area (Å²) in [5, 5.41) is 13.4. The highest BCUT2D eigenvalue weighted by molar-refractivity contribution is 7.80. The van der Waals surface area contributed by atoms with Crippen molar-refractivity contribution in [2.75, 3.05) is 0 Å². The van der Waals surface area contributed by atoms with Crippen LogP contribution in [0.2, 0.25) is 0 Å². The standard InChI is InChI=1S/C10H8N4S2/c1-6-11-12-10-14(6)13-9(16-10)7-4-2-3-5-8(7)15/h2-5,15H,1H3. The van der Waals surface area contributed by atoms with Gasteiger partial charge < -0.3 is 0 Å². The van der Waals surface area contributed by atoms with Gasteiger partial charge >= 0.3 is 0 Å². The molecule has 16 heavy (non-hydrogen) atoms. The van der Waals surface area contributed by atoms with Crippen LogP contribution in [0.25, 0.3) is 15.5 Å². The maximum Gasteiger partial charge on any atom is 0.234 e. The first-order valence-electron chi connectivity index (χ1n) is 4.73. The lowest BCUT2D eigenvalue weighted by molar-refractivity contribution is 0.897. The lowest BCUT2D eigenvalue weighted by atomic mass is 10.2. The minimum Gasteiger partial charge on any atom is -0.187 e. The van der Waals surface area contributed by atoms with Gasteiger partial charge in [-0.1, -0.05) is 29.5 Å². The van der Waals surface area contributed by atoms with E-state index >= 15 is 0 Å². The molecule has 80 valence electrons. The third kappa shape index (κ3) is 1.42. The molecule has 0 amide bonds. The van der Waals surface area contributed by atoms with Gasteiger partial charge in [0.1, 0.15) is 5.01 Å². The van der Waals surface area contributed by atoms with E-state index in [0.717, 1.165) is 26.3 Å². The summed E-state index contributed by atoms with van der Waals surface area (Å²) in [5.41, 5.74) is 1.03. The van der Waals surface area contributed by atoms with Gasteiger partial charge in [0.25, 0.3) is 0 Å². The molecule has 4 nitrogen and oxygen atoms in total. The molecule has 0 aliphatic heterocycles. The number of aromatic nitrogens is 4. The van der Waals surface area contributed by atoms with Crippen molar-refractivity contribution < 1.29 is 0 Å². The second-order valence-electron chi connectivity index (χ2n) is 3.37. The van der Waals surface area contributed by atoms with Crippen molar-refractivity contribution in [3.63, 3.8) is 0 Å². The monoisotopic (exact) mass is 248 g/mol. The van der Waals surface area contributed by atoms with Gasteiger partial charge in [0.2, 0.25) is 4.96 Å². The average molecular weight is 248 g/mol. The Balaban J connectivity index is 2.23. The van der Waals surface area contributed by atoms with Crippen molar-refractivity contribution in [2.24, 2.45) is 0 Å². The first-order valence-corrected chi connectivity index (χ1v) is 5.99. The lowest BCUT2D eigenvalue weighted by Gasteiger charge is -1.98. The molecule has 3 aromatic rings. The number of fused-ring (bicyclic) bond motifs is 1. The van der Waals surface area contributed by atoms with Crippen LogP contribution in [-0.4, -0.2) is 19.8 Å². The third-order valence-corrected chi connectivity index (χ3v) is 3.60. The fraction of sp³-hybridized carbons (Fsp3) is 0.100. The Kier molecular flexibility index (Phi) is 2.19. The first kappa shape index (κ1) is 9.80. The number of nitrogens with zero attached hydrogens (tertiary/aromatic N) is 4.